The van der Waals surface area contributed by atoms with Crippen molar-refractivity contribution >= 4 is 11.9 Å². The molecule has 0 spiro atoms. The fraction of sp³-hybridized carbons (Fsp3) is 0.500. The lowest BCUT2D eigenvalue weighted by atomic mass is 10.2. The van der Waals surface area contributed by atoms with Crippen LogP contribution < -0.4 is 0 Å². The van der Waals surface area contributed by atoms with Crippen LogP contribution in [0.2, 0.25) is 0 Å². The molecule has 1 rings (SSSR count). The Morgan fingerprint density at radius 1 is 1.50 bits per heavy atom. The molecule has 0 aliphatic carbocycles. The van der Waals surface area contributed by atoms with Gasteiger partial charge in [-0.1, -0.05) is 6.58 Å². The first-order valence-corrected chi connectivity index (χ1v) is 3.88. The average molecular weight is 202 g/mol. The molecule has 0 aromatic heterocycles. The van der Waals surface area contributed by atoms with Crippen molar-refractivity contribution in [3.8, 4) is 0 Å². The largest absolute Gasteiger partial charge is 0.401 e. The minimum absolute atomic E-state index is 0.133. The van der Waals surface area contributed by atoms with E-state index in [4.69, 9.17) is 5.11 Å². The van der Waals surface area contributed by atoms with E-state index in [0.717, 1.165) is 6.92 Å². The molecular formula is C8H10O6. The van der Waals surface area contributed by atoms with E-state index < -0.39 is 24.0 Å². The van der Waals surface area contributed by atoms with Crippen molar-refractivity contribution in [3.05, 3.63) is 12.2 Å². The molecule has 1 heterocycles. The van der Waals surface area contributed by atoms with Gasteiger partial charge in [0.2, 0.25) is 0 Å². The summed E-state index contributed by atoms with van der Waals surface area (Å²) < 4.78 is 8.73. The van der Waals surface area contributed by atoms with E-state index in [-0.39, 0.29) is 12.0 Å². The minimum Gasteiger partial charge on any atom is -0.396 e. The quantitative estimate of drug-likeness (QED) is 0.421. The van der Waals surface area contributed by atoms with Gasteiger partial charge in [0.1, 0.15) is 0 Å². The zero-order valence-corrected chi connectivity index (χ0v) is 7.52. The second-order valence-corrected chi connectivity index (χ2v) is 2.95. The average Bonchev–Trinajstić information content (AvgIpc) is 2.10. The first-order chi connectivity index (χ1) is 6.35. The number of hydrogen-bond donors (Lipinski definition) is 2. The Morgan fingerprint density at radius 3 is 2.57 bits per heavy atom. The molecule has 2 N–H and O–H groups in total. The molecule has 0 saturated carbocycles. The van der Waals surface area contributed by atoms with E-state index in [1.165, 1.54) is 0 Å². The van der Waals surface area contributed by atoms with Crippen molar-refractivity contribution in [1.82, 2.24) is 0 Å². The molecule has 2 atom stereocenters. The van der Waals surface area contributed by atoms with E-state index in [0.29, 0.717) is 0 Å². The van der Waals surface area contributed by atoms with Gasteiger partial charge in [-0.05, 0) is 6.92 Å². The number of rotatable bonds is 1. The third kappa shape index (κ3) is 1.91. The molecular weight excluding hydrogens is 192 g/mol. The Kier molecular flexibility index (Phi) is 2.59. The summed E-state index contributed by atoms with van der Waals surface area (Å²) in [4.78, 5) is 22.0. The lowest BCUT2D eigenvalue weighted by molar-refractivity contribution is -0.353. The van der Waals surface area contributed by atoms with Crippen molar-refractivity contribution in [1.29, 1.82) is 0 Å². The van der Waals surface area contributed by atoms with Crippen LogP contribution in [-0.4, -0.2) is 34.2 Å². The molecule has 0 amide bonds. The first kappa shape index (κ1) is 10.7. The highest BCUT2D eigenvalue weighted by Gasteiger charge is 2.45. The van der Waals surface area contributed by atoms with E-state index in [2.05, 4.69) is 16.1 Å². The number of carbonyl (C=O) groups is 2. The normalized spacial score (nSPS) is 30.4. The van der Waals surface area contributed by atoms with E-state index in [9.17, 15) is 14.7 Å². The summed E-state index contributed by atoms with van der Waals surface area (Å²) in [6, 6.07) is 0. The molecule has 1 fully saturated rings. The minimum atomic E-state index is -2.62. The number of carbonyl (C=O) groups excluding carboxylic acids is 2. The van der Waals surface area contributed by atoms with Crippen LogP contribution in [0.4, 0.5) is 0 Å². The van der Waals surface area contributed by atoms with Gasteiger partial charge in [-0.15, -0.1) is 0 Å². The lowest BCUT2D eigenvalue weighted by Gasteiger charge is -2.26. The maximum absolute atomic E-state index is 11.1. The smallest absolute Gasteiger partial charge is 0.396 e. The summed E-state index contributed by atoms with van der Waals surface area (Å²) in [5.74, 6) is -4.48. The number of aliphatic hydroxyl groups excluding tert-OH is 1. The van der Waals surface area contributed by atoms with Crippen molar-refractivity contribution in [2.75, 3.05) is 0 Å². The summed E-state index contributed by atoms with van der Waals surface area (Å²) >= 11 is 0. The molecule has 6 heteroatoms. The molecule has 0 bridgehead atoms. The van der Waals surface area contributed by atoms with Gasteiger partial charge in [-0.2, -0.15) is 0 Å². The van der Waals surface area contributed by atoms with Crippen LogP contribution >= 0.6 is 0 Å². The van der Waals surface area contributed by atoms with Gasteiger partial charge in [-0.25, -0.2) is 4.79 Å². The molecule has 0 aromatic carbocycles. The topological polar surface area (TPSA) is 93.1 Å². The van der Waals surface area contributed by atoms with Crippen molar-refractivity contribution in [3.63, 3.8) is 0 Å². The lowest BCUT2D eigenvalue weighted by Crippen LogP contribution is -2.47. The Bertz CT molecular complexity index is 294. The van der Waals surface area contributed by atoms with Crippen LogP contribution in [0.1, 0.15) is 13.3 Å². The number of hydrogen-bond acceptors (Lipinski definition) is 6. The van der Waals surface area contributed by atoms with Crippen LogP contribution in [0.25, 0.3) is 0 Å². The molecule has 0 aromatic rings. The van der Waals surface area contributed by atoms with Crippen LogP contribution in [-0.2, 0) is 19.1 Å². The Labute approximate surface area is 79.7 Å². The predicted molar refractivity (Wildman–Crippen MR) is 42.6 cm³/mol. The fourth-order valence-corrected chi connectivity index (χ4v) is 0.842. The highest BCUT2D eigenvalue weighted by Crippen LogP contribution is 2.22. The number of esters is 2. The van der Waals surface area contributed by atoms with Crippen LogP contribution in [0.3, 0.4) is 0 Å². The molecule has 6 nitrogen and oxygen atoms in total. The summed E-state index contributed by atoms with van der Waals surface area (Å²) in [6.07, 6.45) is -1.91. The molecule has 1 aliphatic rings. The highest BCUT2D eigenvalue weighted by atomic mass is 16.8. The Hall–Kier alpha value is -1.40. The van der Waals surface area contributed by atoms with Crippen molar-refractivity contribution in [2.45, 2.75) is 25.4 Å². The van der Waals surface area contributed by atoms with Crippen LogP contribution in [0, 0.1) is 0 Å². The predicted octanol–water partition coefficient (Wildman–Crippen LogP) is -0.940. The van der Waals surface area contributed by atoms with Crippen molar-refractivity contribution in [2.24, 2.45) is 0 Å². The van der Waals surface area contributed by atoms with E-state index in [1.54, 1.807) is 0 Å². The maximum Gasteiger partial charge on any atom is 0.401 e. The Balaban J connectivity index is 2.96. The van der Waals surface area contributed by atoms with Gasteiger partial charge in [0, 0.05) is 5.57 Å². The van der Waals surface area contributed by atoms with Gasteiger partial charge in [0.05, 0.1) is 6.42 Å². The van der Waals surface area contributed by atoms with Gasteiger partial charge in [0.25, 0.3) is 0 Å². The summed E-state index contributed by atoms with van der Waals surface area (Å²) in [6.45, 7) is 4.38. The summed E-state index contributed by atoms with van der Waals surface area (Å²) in [5, 5.41) is 18.5. The SMILES string of the molecule is C=C1CC(=O)OC(O)(C(C)O)OC1=O. The third-order valence-electron chi connectivity index (χ3n) is 1.67. The highest BCUT2D eigenvalue weighted by molar-refractivity contribution is 5.94. The molecule has 78 valence electrons. The number of aliphatic hydroxyl groups is 2. The summed E-state index contributed by atoms with van der Waals surface area (Å²) in [5.41, 5.74) is -0.133. The van der Waals surface area contributed by atoms with E-state index >= 15 is 0 Å². The zero-order chi connectivity index (χ0) is 10.9. The van der Waals surface area contributed by atoms with Gasteiger partial charge < -0.3 is 19.7 Å². The standard InChI is InChI=1S/C8H10O6/c1-4-3-6(10)13-8(12,5(2)9)14-7(4)11/h5,9,12H,1,3H2,2H3. The molecule has 0 radical (unpaired) electrons. The first-order valence-electron chi connectivity index (χ1n) is 3.88. The number of cyclic esters (lactones) is 2. The van der Waals surface area contributed by atoms with Gasteiger partial charge >= 0.3 is 17.9 Å². The third-order valence-corrected chi connectivity index (χ3v) is 1.67. The molecule has 1 aliphatic heterocycles. The fourth-order valence-electron chi connectivity index (χ4n) is 0.842. The van der Waals surface area contributed by atoms with Crippen molar-refractivity contribution < 1.29 is 29.3 Å². The molecule has 1 saturated heterocycles. The second-order valence-electron chi connectivity index (χ2n) is 2.95. The van der Waals surface area contributed by atoms with Gasteiger partial charge in [0.15, 0.2) is 6.10 Å². The number of ether oxygens (including phenoxy) is 2. The molecule has 14 heavy (non-hydrogen) atoms. The van der Waals surface area contributed by atoms with E-state index in [1.807, 2.05) is 0 Å². The second kappa shape index (κ2) is 3.39. The molecule has 2 unspecified atom stereocenters. The monoisotopic (exact) mass is 202 g/mol. The summed E-state index contributed by atoms with van der Waals surface area (Å²) in [7, 11) is 0. The van der Waals surface area contributed by atoms with Gasteiger partial charge in [-0.3, -0.25) is 4.79 Å². The zero-order valence-electron chi connectivity index (χ0n) is 7.52. The maximum atomic E-state index is 11.1. The Morgan fingerprint density at radius 2 is 2.07 bits per heavy atom. The van der Waals surface area contributed by atoms with Crippen LogP contribution in [0.15, 0.2) is 12.2 Å². The van der Waals surface area contributed by atoms with Crippen LogP contribution in [0.5, 0.6) is 0 Å².